The molecular formula is C11H22N2O2. The SMILES string of the molecule is CC(C)CONC(=O)NC1CCCCC1. The molecule has 1 fully saturated rings. The molecule has 1 rings (SSSR count). The third-order valence-corrected chi connectivity index (χ3v) is 2.52. The van der Waals surface area contributed by atoms with Crippen LogP contribution < -0.4 is 10.8 Å². The van der Waals surface area contributed by atoms with Crippen molar-refractivity contribution >= 4 is 6.03 Å². The summed E-state index contributed by atoms with van der Waals surface area (Å²) in [6, 6.07) is 0.129. The molecule has 0 radical (unpaired) electrons. The zero-order valence-electron chi connectivity index (χ0n) is 9.71. The maximum absolute atomic E-state index is 11.3. The molecular weight excluding hydrogens is 192 g/mol. The summed E-state index contributed by atoms with van der Waals surface area (Å²) in [5.41, 5.74) is 2.41. The van der Waals surface area contributed by atoms with Crippen LogP contribution in [0.1, 0.15) is 46.0 Å². The van der Waals surface area contributed by atoms with Crippen molar-refractivity contribution in [2.45, 2.75) is 52.0 Å². The van der Waals surface area contributed by atoms with Crippen molar-refractivity contribution in [3.63, 3.8) is 0 Å². The normalized spacial score (nSPS) is 17.8. The van der Waals surface area contributed by atoms with E-state index in [4.69, 9.17) is 4.84 Å². The summed E-state index contributed by atoms with van der Waals surface area (Å²) in [4.78, 5) is 16.4. The fraction of sp³-hybridized carbons (Fsp3) is 0.909. The lowest BCUT2D eigenvalue weighted by molar-refractivity contribution is 0.0428. The molecule has 1 aliphatic rings. The molecule has 0 aromatic heterocycles. The van der Waals surface area contributed by atoms with Gasteiger partial charge in [0.05, 0.1) is 6.61 Å². The third-order valence-electron chi connectivity index (χ3n) is 2.52. The molecule has 0 atom stereocenters. The Labute approximate surface area is 91.7 Å². The van der Waals surface area contributed by atoms with E-state index >= 15 is 0 Å². The van der Waals surface area contributed by atoms with Crippen molar-refractivity contribution in [2.24, 2.45) is 5.92 Å². The Morgan fingerprint density at radius 1 is 1.33 bits per heavy atom. The molecule has 2 N–H and O–H groups in total. The predicted molar refractivity (Wildman–Crippen MR) is 59.3 cm³/mol. The Hall–Kier alpha value is -0.770. The average molecular weight is 214 g/mol. The van der Waals surface area contributed by atoms with Gasteiger partial charge in [0.1, 0.15) is 0 Å². The standard InChI is InChI=1S/C11H22N2O2/c1-9(2)8-15-13-11(14)12-10-6-4-3-5-7-10/h9-10H,3-8H2,1-2H3,(H2,12,13,14). The second-order valence-electron chi connectivity index (χ2n) is 4.62. The summed E-state index contributed by atoms with van der Waals surface area (Å²) in [7, 11) is 0. The Bertz CT molecular complexity index is 189. The van der Waals surface area contributed by atoms with E-state index in [1.165, 1.54) is 19.3 Å². The lowest BCUT2D eigenvalue weighted by Gasteiger charge is -2.22. The highest BCUT2D eigenvalue weighted by atomic mass is 16.7. The van der Waals surface area contributed by atoms with E-state index in [1.807, 2.05) is 13.8 Å². The van der Waals surface area contributed by atoms with Gasteiger partial charge in [0.2, 0.25) is 0 Å². The number of carbonyl (C=O) groups is 1. The maximum Gasteiger partial charge on any atom is 0.338 e. The quantitative estimate of drug-likeness (QED) is 0.705. The first-order valence-corrected chi connectivity index (χ1v) is 5.87. The van der Waals surface area contributed by atoms with Gasteiger partial charge >= 0.3 is 6.03 Å². The molecule has 1 aliphatic carbocycles. The zero-order valence-corrected chi connectivity index (χ0v) is 9.71. The molecule has 0 aromatic carbocycles. The molecule has 15 heavy (non-hydrogen) atoms. The van der Waals surface area contributed by atoms with E-state index in [2.05, 4.69) is 10.8 Å². The molecule has 88 valence electrons. The van der Waals surface area contributed by atoms with Crippen LogP contribution in [0.5, 0.6) is 0 Å². The van der Waals surface area contributed by atoms with Gasteiger partial charge in [-0.2, -0.15) is 0 Å². The lowest BCUT2D eigenvalue weighted by Crippen LogP contribution is -2.43. The van der Waals surface area contributed by atoms with Crippen molar-refractivity contribution in [3.8, 4) is 0 Å². The van der Waals surface area contributed by atoms with Crippen LogP contribution in [-0.4, -0.2) is 18.7 Å². The van der Waals surface area contributed by atoms with Gasteiger partial charge < -0.3 is 5.32 Å². The molecule has 4 heteroatoms. The molecule has 0 saturated heterocycles. The second kappa shape index (κ2) is 6.67. The van der Waals surface area contributed by atoms with E-state index in [-0.39, 0.29) is 6.03 Å². The van der Waals surface area contributed by atoms with Crippen LogP contribution in [0.15, 0.2) is 0 Å². The van der Waals surface area contributed by atoms with Gasteiger partial charge in [-0.1, -0.05) is 33.1 Å². The van der Waals surface area contributed by atoms with Crippen molar-refractivity contribution in [1.29, 1.82) is 0 Å². The minimum absolute atomic E-state index is 0.206. The summed E-state index contributed by atoms with van der Waals surface area (Å²) in [5.74, 6) is 0.431. The Kier molecular flexibility index (Phi) is 5.47. The summed E-state index contributed by atoms with van der Waals surface area (Å²) < 4.78 is 0. The van der Waals surface area contributed by atoms with E-state index in [0.29, 0.717) is 18.6 Å². The molecule has 0 heterocycles. The molecule has 2 amide bonds. The van der Waals surface area contributed by atoms with Crippen LogP contribution in [0.4, 0.5) is 4.79 Å². The van der Waals surface area contributed by atoms with E-state index in [0.717, 1.165) is 12.8 Å². The first-order chi connectivity index (χ1) is 7.18. The van der Waals surface area contributed by atoms with Gasteiger partial charge in [-0.05, 0) is 18.8 Å². The van der Waals surface area contributed by atoms with Crippen molar-refractivity contribution in [1.82, 2.24) is 10.8 Å². The van der Waals surface area contributed by atoms with Crippen LogP contribution in [-0.2, 0) is 4.84 Å². The first kappa shape index (κ1) is 12.3. The van der Waals surface area contributed by atoms with Gasteiger partial charge in [-0.15, -0.1) is 0 Å². The Balaban J connectivity index is 2.06. The van der Waals surface area contributed by atoms with E-state index < -0.39 is 0 Å². The number of hydroxylamine groups is 1. The van der Waals surface area contributed by atoms with Gasteiger partial charge in [0, 0.05) is 6.04 Å². The minimum Gasteiger partial charge on any atom is -0.334 e. The molecule has 1 saturated carbocycles. The number of nitrogens with one attached hydrogen (secondary N) is 2. The molecule has 4 nitrogen and oxygen atoms in total. The van der Waals surface area contributed by atoms with Crippen LogP contribution in [0.25, 0.3) is 0 Å². The monoisotopic (exact) mass is 214 g/mol. The average Bonchev–Trinajstić information content (AvgIpc) is 2.18. The first-order valence-electron chi connectivity index (χ1n) is 5.87. The highest BCUT2D eigenvalue weighted by Crippen LogP contribution is 2.16. The van der Waals surface area contributed by atoms with E-state index in [9.17, 15) is 4.79 Å². The number of hydrogen-bond acceptors (Lipinski definition) is 2. The molecule has 0 aliphatic heterocycles. The Morgan fingerprint density at radius 3 is 2.60 bits per heavy atom. The van der Waals surface area contributed by atoms with Crippen LogP contribution >= 0.6 is 0 Å². The number of carbonyl (C=O) groups excluding carboxylic acids is 1. The summed E-state index contributed by atoms with van der Waals surface area (Å²) in [6.07, 6.45) is 5.93. The molecule has 0 aromatic rings. The third kappa shape index (κ3) is 5.62. The summed E-state index contributed by atoms with van der Waals surface area (Å²) >= 11 is 0. The van der Waals surface area contributed by atoms with Crippen molar-refractivity contribution < 1.29 is 9.63 Å². The van der Waals surface area contributed by atoms with Crippen LogP contribution in [0.2, 0.25) is 0 Å². The minimum atomic E-state index is -0.206. The summed E-state index contributed by atoms with van der Waals surface area (Å²) in [5, 5.41) is 2.92. The maximum atomic E-state index is 11.3. The Morgan fingerprint density at radius 2 is 2.00 bits per heavy atom. The fourth-order valence-corrected chi connectivity index (χ4v) is 1.74. The van der Waals surface area contributed by atoms with Gasteiger partial charge in [-0.3, -0.25) is 4.84 Å². The van der Waals surface area contributed by atoms with Crippen LogP contribution in [0, 0.1) is 5.92 Å². The van der Waals surface area contributed by atoms with Gasteiger partial charge in [-0.25, -0.2) is 10.3 Å². The smallest absolute Gasteiger partial charge is 0.334 e. The van der Waals surface area contributed by atoms with Gasteiger partial charge in [0.25, 0.3) is 0 Å². The predicted octanol–water partition coefficient (Wildman–Crippen LogP) is 2.21. The zero-order chi connectivity index (χ0) is 11.1. The molecule has 0 spiro atoms. The van der Waals surface area contributed by atoms with Crippen molar-refractivity contribution in [2.75, 3.05) is 6.61 Å². The topological polar surface area (TPSA) is 50.4 Å². The van der Waals surface area contributed by atoms with Crippen molar-refractivity contribution in [3.05, 3.63) is 0 Å². The highest BCUT2D eigenvalue weighted by molar-refractivity contribution is 5.72. The van der Waals surface area contributed by atoms with Crippen LogP contribution in [0.3, 0.4) is 0 Å². The number of urea groups is 1. The lowest BCUT2D eigenvalue weighted by atomic mass is 9.96. The van der Waals surface area contributed by atoms with Gasteiger partial charge in [0.15, 0.2) is 0 Å². The number of hydrogen-bond donors (Lipinski definition) is 2. The fourth-order valence-electron chi connectivity index (χ4n) is 1.74. The molecule has 0 unspecified atom stereocenters. The number of amides is 2. The van der Waals surface area contributed by atoms with E-state index in [1.54, 1.807) is 0 Å². The number of rotatable bonds is 4. The highest BCUT2D eigenvalue weighted by Gasteiger charge is 2.15. The largest absolute Gasteiger partial charge is 0.338 e. The summed E-state index contributed by atoms with van der Waals surface area (Å²) in [6.45, 7) is 4.64. The second-order valence-corrected chi connectivity index (χ2v) is 4.62. The molecule has 0 bridgehead atoms.